The van der Waals surface area contributed by atoms with E-state index in [0.717, 1.165) is 45.0 Å². The molecule has 2 saturated heterocycles. The van der Waals surface area contributed by atoms with Gasteiger partial charge in [-0.3, -0.25) is 14.5 Å². The summed E-state index contributed by atoms with van der Waals surface area (Å²) >= 11 is 5.88. The maximum atomic E-state index is 12.5. The Morgan fingerprint density at radius 2 is 1.92 bits per heavy atom. The molecule has 0 radical (unpaired) electrons. The third-order valence-corrected chi connectivity index (χ3v) is 4.97. The topological polar surface area (TPSA) is 61.9 Å². The maximum absolute atomic E-state index is 12.5. The van der Waals surface area contributed by atoms with Crippen molar-refractivity contribution in [2.45, 2.75) is 12.8 Å². The molecule has 1 atom stereocenters. The van der Waals surface area contributed by atoms with Gasteiger partial charge in [-0.15, -0.1) is 0 Å². The quantitative estimate of drug-likeness (QED) is 0.613. The van der Waals surface area contributed by atoms with E-state index in [4.69, 9.17) is 16.3 Å². The van der Waals surface area contributed by atoms with Crippen LogP contribution in [0.5, 0.6) is 0 Å². The first-order valence-electron chi connectivity index (χ1n) is 8.80. The predicted octanol–water partition coefficient (Wildman–Crippen LogP) is 1.53. The van der Waals surface area contributed by atoms with E-state index in [1.54, 1.807) is 17.0 Å². The van der Waals surface area contributed by atoms with Gasteiger partial charge >= 0.3 is 0 Å². The summed E-state index contributed by atoms with van der Waals surface area (Å²) in [6.07, 6.45) is 1.43. The summed E-state index contributed by atoms with van der Waals surface area (Å²) in [7, 11) is 0. The van der Waals surface area contributed by atoms with E-state index in [9.17, 15) is 9.59 Å². The zero-order valence-electron chi connectivity index (χ0n) is 14.2. The number of carbonyl (C=O) groups excluding carboxylic acids is 2. The van der Waals surface area contributed by atoms with E-state index >= 15 is 0 Å². The molecular formula is C18H24ClN3O3. The summed E-state index contributed by atoms with van der Waals surface area (Å²) in [6, 6.07) is 7.12. The first kappa shape index (κ1) is 18.2. The fourth-order valence-electron chi connectivity index (χ4n) is 3.26. The van der Waals surface area contributed by atoms with Crippen LogP contribution < -0.4 is 10.2 Å². The van der Waals surface area contributed by atoms with Crippen LogP contribution in [-0.2, 0) is 14.3 Å². The molecule has 6 nitrogen and oxygen atoms in total. The number of ether oxygens (including phenoxy) is 1. The maximum Gasteiger partial charge on any atom is 0.239 e. The van der Waals surface area contributed by atoms with Gasteiger partial charge in [-0.05, 0) is 43.7 Å². The molecule has 7 heteroatoms. The lowest BCUT2D eigenvalue weighted by atomic mass is 10.1. The molecule has 2 heterocycles. The average Bonchev–Trinajstić information content (AvgIpc) is 3.02. The number of carbonyl (C=O) groups is 2. The SMILES string of the molecule is O=C(NCCCN1CCOCC1)C1CCN(c2ccc(Cl)cc2)C1=O. The molecule has 3 rings (SSSR count). The number of nitrogens with zero attached hydrogens (tertiary/aromatic N) is 2. The van der Waals surface area contributed by atoms with Crippen molar-refractivity contribution in [2.24, 2.45) is 5.92 Å². The summed E-state index contributed by atoms with van der Waals surface area (Å²) in [4.78, 5) is 28.8. The third kappa shape index (κ3) is 4.71. The monoisotopic (exact) mass is 365 g/mol. The second kappa shape index (κ2) is 8.65. The Labute approximate surface area is 153 Å². The standard InChI is InChI=1S/C18H24ClN3O3/c19-14-2-4-15(5-3-14)22-9-6-16(18(22)24)17(23)20-7-1-8-21-10-12-25-13-11-21/h2-5,16H,1,6-13H2,(H,20,23). The Balaban J connectivity index is 1.43. The Morgan fingerprint density at radius 3 is 2.64 bits per heavy atom. The second-order valence-corrected chi connectivity index (χ2v) is 6.84. The van der Waals surface area contributed by atoms with Gasteiger partial charge in [0.1, 0.15) is 5.92 Å². The van der Waals surface area contributed by atoms with Gasteiger partial charge in [0, 0.05) is 36.9 Å². The van der Waals surface area contributed by atoms with Gasteiger partial charge in [0.25, 0.3) is 0 Å². The molecular weight excluding hydrogens is 342 g/mol. The zero-order valence-corrected chi connectivity index (χ0v) is 15.0. The smallest absolute Gasteiger partial charge is 0.239 e. The van der Waals surface area contributed by atoms with Gasteiger partial charge in [-0.2, -0.15) is 0 Å². The molecule has 0 aliphatic carbocycles. The second-order valence-electron chi connectivity index (χ2n) is 6.41. The average molecular weight is 366 g/mol. The van der Waals surface area contributed by atoms with Crippen molar-refractivity contribution in [3.8, 4) is 0 Å². The van der Waals surface area contributed by atoms with Gasteiger partial charge in [0.2, 0.25) is 11.8 Å². The lowest BCUT2D eigenvalue weighted by Crippen LogP contribution is -2.40. The van der Waals surface area contributed by atoms with Crippen LogP contribution in [0, 0.1) is 5.92 Å². The number of halogens is 1. The van der Waals surface area contributed by atoms with E-state index < -0.39 is 5.92 Å². The van der Waals surface area contributed by atoms with Gasteiger partial charge in [-0.25, -0.2) is 0 Å². The van der Waals surface area contributed by atoms with E-state index in [1.165, 1.54) is 0 Å². The van der Waals surface area contributed by atoms with Crippen LogP contribution in [0.2, 0.25) is 5.02 Å². The number of morpholine rings is 1. The van der Waals surface area contributed by atoms with Crippen LogP contribution in [-0.4, -0.2) is 62.7 Å². The summed E-state index contributed by atoms with van der Waals surface area (Å²) in [5, 5.41) is 3.54. The lowest BCUT2D eigenvalue weighted by Gasteiger charge is -2.26. The van der Waals surface area contributed by atoms with Crippen LogP contribution in [0.1, 0.15) is 12.8 Å². The van der Waals surface area contributed by atoms with Gasteiger partial charge in [-0.1, -0.05) is 11.6 Å². The normalized spacial score (nSPS) is 21.6. The molecule has 2 amide bonds. The highest BCUT2D eigenvalue weighted by atomic mass is 35.5. The predicted molar refractivity (Wildman–Crippen MR) is 96.8 cm³/mol. The molecule has 1 aromatic carbocycles. The Morgan fingerprint density at radius 1 is 1.20 bits per heavy atom. The van der Waals surface area contributed by atoms with Crippen molar-refractivity contribution < 1.29 is 14.3 Å². The Hall–Kier alpha value is -1.63. The van der Waals surface area contributed by atoms with Gasteiger partial charge in [0.15, 0.2) is 0 Å². The molecule has 1 aromatic rings. The molecule has 2 aliphatic heterocycles. The minimum Gasteiger partial charge on any atom is -0.379 e. The van der Waals surface area contributed by atoms with Crippen molar-refractivity contribution >= 4 is 29.1 Å². The zero-order chi connectivity index (χ0) is 17.6. The molecule has 0 spiro atoms. The Bertz CT molecular complexity index is 602. The van der Waals surface area contributed by atoms with E-state index in [1.807, 2.05) is 12.1 Å². The van der Waals surface area contributed by atoms with Crippen molar-refractivity contribution in [3.63, 3.8) is 0 Å². The third-order valence-electron chi connectivity index (χ3n) is 4.71. The van der Waals surface area contributed by atoms with Gasteiger partial charge < -0.3 is 15.0 Å². The minimum absolute atomic E-state index is 0.131. The summed E-state index contributed by atoms with van der Waals surface area (Å²) < 4.78 is 5.32. The summed E-state index contributed by atoms with van der Waals surface area (Å²) in [5.74, 6) is -0.879. The highest BCUT2D eigenvalue weighted by Crippen LogP contribution is 2.26. The molecule has 0 bridgehead atoms. The highest BCUT2D eigenvalue weighted by molar-refractivity contribution is 6.30. The number of rotatable bonds is 6. The Kier molecular flexibility index (Phi) is 6.29. The number of benzene rings is 1. The number of anilines is 1. The molecule has 2 aliphatic rings. The van der Waals surface area contributed by atoms with Crippen molar-refractivity contribution in [3.05, 3.63) is 29.3 Å². The van der Waals surface area contributed by atoms with E-state index in [2.05, 4.69) is 10.2 Å². The minimum atomic E-state index is -0.584. The molecule has 2 fully saturated rings. The first-order chi connectivity index (χ1) is 12.1. The van der Waals surface area contributed by atoms with Gasteiger partial charge in [0.05, 0.1) is 13.2 Å². The molecule has 0 aromatic heterocycles. The van der Waals surface area contributed by atoms with Crippen LogP contribution in [0.3, 0.4) is 0 Å². The largest absolute Gasteiger partial charge is 0.379 e. The molecule has 1 unspecified atom stereocenters. The first-order valence-corrected chi connectivity index (χ1v) is 9.18. The molecule has 0 saturated carbocycles. The van der Waals surface area contributed by atoms with E-state index in [0.29, 0.717) is 24.5 Å². The van der Waals surface area contributed by atoms with Crippen LogP contribution in [0.15, 0.2) is 24.3 Å². The number of hydrogen-bond donors (Lipinski definition) is 1. The number of nitrogens with one attached hydrogen (secondary N) is 1. The lowest BCUT2D eigenvalue weighted by molar-refractivity contribution is -0.132. The van der Waals surface area contributed by atoms with Crippen molar-refractivity contribution in [1.82, 2.24) is 10.2 Å². The number of hydrogen-bond acceptors (Lipinski definition) is 4. The summed E-state index contributed by atoms with van der Waals surface area (Å²) in [5.41, 5.74) is 0.789. The highest BCUT2D eigenvalue weighted by Gasteiger charge is 2.37. The fourth-order valence-corrected chi connectivity index (χ4v) is 3.39. The van der Waals surface area contributed by atoms with E-state index in [-0.39, 0.29) is 11.8 Å². The van der Waals surface area contributed by atoms with Crippen molar-refractivity contribution in [2.75, 3.05) is 50.8 Å². The summed E-state index contributed by atoms with van der Waals surface area (Å²) in [6.45, 7) is 5.57. The molecule has 25 heavy (non-hydrogen) atoms. The number of amides is 2. The van der Waals surface area contributed by atoms with Crippen molar-refractivity contribution in [1.29, 1.82) is 0 Å². The molecule has 1 N–H and O–H groups in total. The van der Waals surface area contributed by atoms with Crippen LogP contribution >= 0.6 is 11.6 Å². The van der Waals surface area contributed by atoms with Crippen LogP contribution in [0.25, 0.3) is 0 Å². The fraction of sp³-hybridized carbons (Fsp3) is 0.556. The molecule has 136 valence electrons. The van der Waals surface area contributed by atoms with Crippen LogP contribution in [0.4, 0.5) is 5.69 Å².